The van der Waals surface area contributed by atoms with Gasteiger partial charge in [0.2, 0.25) is 0 Å². The van der Waals surface area contributed by atoms with Gasteiger partial charge in [-0.2, -0.15) is 0 Å². The predicted octanol–water partition coefficient (Wildman–Crippen LogP) is 2.90. The van der Waals surface area contributed by atoms with Gasteiger partial charge in [0.25, 0.3) is 0 Å². The summed E-state index contributed by atoms with van der Waals surface area (Å²) in [5.41, 5.74) is 1.70. The van der Waals surface area contributed by atoms with Gasteiger partial charge in [0, 0.05) is 50.2 Å². The van der Waals surface area contributed by atoms with Crippen molar-refractivity contribution in [1.82, 2.24) is 15.1 Å². The lowest BCUT2D eigenvalue weighted by Crippen LogP contribution is -2.42. The third-order valence-corrected chi connectivity index (χ3v) is 5.44. The molecule has 1 unspecified atom stereocenters. The fourth-order valence-corrected chi connectivity index (χ4v) is 3.93. The first-order valence-corrected chi connectivity index (χ1v) is 9.18. The highest BCUT2D eigenvalue weighted by Gasteiger charge is 2.29. The number of hydrogen-bond donors (Lipinski definition) is 1. The third kappa shape index (κ3) is 3.21. The molecule has 6 heteroatoms. The van der Waals surface area contributed by atoms with Crippen LogP contribution in [0.4, 0.5) is 4.39 Å². The minimum Gasteiger partial charge on any atom is -0.459 e. The van der Waals surface area contributed by atoms with E-state index in [2.05, 4.69) is 32.3 Å². The van der Waals surface area contributed by atoms with Crippen molar-refractivity contribution < 1.29 is 8.81 Å². The SMILES string of the molecule is CN=C(NCc1oc2ccc(F)cc2c1C)N1CCC(N2CC=CC2)C1. The number of fused-ring (bicyclic) bond motifs is 1. The molecule has 5 nitrogen and oxygen atoms in total. The topological polar surface area (TPSA) is 44.0 Å². The highest BCUT2D eigenvalue weighted by molar-refractivity contribution is 5.83. The van der Waals surface area contributed by atoms with E-state index in [0.717, 1.165) is 60.9 Å². The van der Waals surface area contributed by atoms with Crippen molar-refractivity contribution in [2.24, 2.45) is 4.99 Å². The molecule has 0 bridgehead atoms. The van der Waals surface area contributed by atoms with Crippen LogP contribution in [0.5, 0.6) is 0 Å². The summed E-state index contributed by atoms with van der Waals surface area (Å²) in [7, 11) is 1.81. The van der Waals surface area contributed by atoms with Gasteiger partial charge in [-0.1, -0.05) is 12.2 Å². The highest BCUT2D eigenvalue weighted by Crippen LogP contribution is 2.26. The van der Waals surface area contributed by atoms with E-state index in [-0.39, 0.29) is 5.82 Å². The molecule has 1 atom stereocenters. The van der Waals surface area contributed by atoms with E-state index in [1.807, 2.05) is 14.0 Å². The van der Waals surface area contributed by atoms with Gasteiger partial charge in [-0.3, -0.25) is 9.89 Å². The van der Waals surface area contributed by atoms with Gasteiger partial charge in [-0.25, -0.2) is 4.39 Å². The lowest BCUT2D eigenvalue weighted by Gasteiger charge is -2.25. The van der Waals surface area contributed by atoms with Crippen molar-refractivity contribution in [2.75, 3.05) is 33.2 Å². The molecule has 0 saturated carbocycles. The van der Waals surface area contributed by atoms with Gasteiger partial charge >= 0.3 is 0 Å². The molecular formula is C20H25FN4O. The lowest BCUT2D eigenvalue weighted by molar-refractivity contribution is 0.259. The van der Waals surface area contributed by atoms with E-state index >= 15 is 0 Å². The molecule has 1 saturated heterocycles. The van der Waals surface area contributed by atoms with E-state index in [1.54, 1.807) is 6.07 Å². The van der Waals surface area contributed by atoms with Crippen LogP contribution in [0.2, 0.25) is 0 Å². The maximum absolute atomic E-state index is 13.5. The van der Waals surface area contributed by atoms with Crippen LogP contribution in [0.15, 0.2) is 39.8 Å². The van der Waals surface area contributed by atoms with E-state index in [0.29, 0.717) is 12.6 Å². The summed E-state index contributed by atoms with van der Waals surface area (Å²) >= 11 is 0. The molecule has 138 valence electrons. The van der Waals surface area contributed by atoms with Crippen LogP contribution < -0.4 is 5.32 Å². The lowest BCUT2D eigenvalue weighted by atomic mass is 10.1. The van der Waals surface area contributed by atoms with Crippen molar-refractivity contribution in [3.05, 3.63) is 47.5 Å². The van der Waals surface area contributed by atoms with Crippen molar-refractivity contribution in [2.45, 2.75) is 25.9 Å². The molecule has 0 radical (unpaired) electrons. The summed E-state index contributed by atoms with van der Waals surface area (Å²) in [6, 6.07) is 5.23. The molecule has 4 rings (SSSR count). The van der Waals surface area contributed by atoms with Crippen LogP contribution >= 0.6 is 0 Å². The van der Waals surface area contributed by atoms with Crippen molar-refractivity contribution in [3.63, 3.8) is 0 Å². The first-order valence-electron chi connectivity index (χ1n) is 9.18. The molecule has 0 spiro atoms. The number of nitrogens with zero attached hydrogens (tertiary/aromatic N) is 3. The molecule has 0 aliphatic carbocycles. The van der Waals surface area contributed by atoms with Gasteiger partial charge in [-0.05, 0) is 31.5 Å². The Morgan fingerprint density at radius 3 is 2.92 bits per heavy atom. The Bertz CT molecular complexity index is 849. The van der Waals surface area contributed by atoms with Gasteiger partial charge in [0.05, 0.1) is 6.54 Å². The fraction of sp³-hybridized carbons (Fsp3) is 0.450. The third-order valence-electron chi connectivity index (χ3n) is 5.44. The Labute approximate surface area is 153 Å². The fourth-order valence-electron chi connectivity index (χ4n) is 3.93. The second kappa shape index (κ2) is 7.11. The predicted molar refractivity (Wildman–Crippen MR) is 102 cm³/mol. The van der Waals surface area contributed by atoms with Crippen LogP contribution in [0.3, 0.4) is 0 Å². The Morgan fingerprint density at radius 1 is 1.35 bits per heavy atom. The van der Waals surface area contributed by atoms with Crippen LogP contribution in [0.25, 0.3) is 11.0 Å². The summed E-state index contributed by atoms with van der Waals surface area (Å²) < 4.78 is 19.4. The highest BCUT2D eigenvalue weighted by atomic mass is 19.1. The average Bonchev–Trinajstić information content (AvgIpc) is 3.37. The van der Waals surface area contributed by atoms with Crippen LogP contribution in [-0.2, 0) is 6.54 Å². The largest absolute Gasteiger partial charge is 0.459 e. The molecule has 0 amide bonds. The average molecular weight is 356 g/mol. The molecule has 1 aromatic carbocycles. The number of nitrogens with one attached hydrogen (secondary N) is 1. The Kier molecular flexibility index (Phi) is 4.68. The summed E-state index contributed by atoms with van der Waals surface area (Å²) in [5, 5.41) is 4.24. The monoisotopic (exact) mass is 356 g/mol. The summed E-state index contributed by atoms with van der Waals surface area (Å²) in [4.78, 5) is 9.25. The van der Waals surface area contributed by atoms with Crippen molar-refractivity contribution in [3.8, 4) is 0 Å². The number of benzene rings is 1. The standard InChI is InChI=1S/C20H25FN4O/c1-14-17-11-15(21)5-6-18(17)26-19(14)12-23-20(22-2)25-10-7-16(13-25)24-8-3-4-9-24/h3-6,11,16H,7-10,12-13H2,1-2H3,(H,22,23). The van der Waals surface area contributed by atoms with Crippen LogP contribution in [0.1, 0.15) is 17.7 Å². The summed E-state index contributed by atoms with van der Waals surface area (Å²) in [5.74, 6) is 1.48. The van der Waals surface area contributed by atoms with Crippen molar-refractivity contribution in [1.29, 1.82) is 0 Å². The van der Waals surface area contributed by atoms with Gasteiger partial charge < -0.3 is 14.6 Å². The van der Waals surface area contributed by atoms with E-state index in [9.17, 15) is 4.39 Å². The number of likely N-dealkylation sites (tertiary alicyclic amines) is 1. The van der Waals surface area contributed by atoms with Gasteiger partial charge in [0.1, 0.15) is 17.2 Å². The molecule has 2 aliphatic rings. The smallest absolute Gasteiger partial charge is 0.194 e. The second-order valence-corrected chi connectivity index (χ2v) is 7.01. The number of aryl methyl sites for hydroxylation is 1. The van der Waals surface area contributed by atoms with E-state index in [4.69, 9.17) is 4.42 Å². The number of hydrogen-bond acceptors (Lipinski definition) is 3. The summed E-state index contributed by atoms with van der Waals surface area (Å²) in [6.07, 6.45) is 5.64. The quantitative estimate of drug-likeness (QED) is 0.522. The van der Waals surface area contributed by atoms with Crippen LogP contribution in [0, 0.1) is 12.7 Å². The van der Waals surface area contributed by atoms with Crippen LogP contribution in [-0.4, -0.2) is 55.0 Å². The zero-order valence-electron chi connectivity index (χ0n) is 15.3. The maximum atomic E-state index is 13.5. The normalized spacial score (nSPS) is 21.3. The van der Waals surface area contributed by atoms with Gasteiger partial charge in [0.15, 0.2) is 5.96 Å². The Hall–Kier alpha value is -2.34. The molecule has 2 aromatic rings. The molecule has 2 aliphatic heterocycles. The maximum Gasteiger partial charge on any atom is 0.194 e. The zero-order valence-corrected chi connectivity index (χ0v) is 15.3. The first kappa shape index (κ1) is 17.1. The second-order valence-electron chi connectivity index (χ2n) is 7.01. The molecule has 26 heavy (non-hydrogen) atoms. The van der Waals surface area contributed by atoms with E-state index in [1.165, 1.54) is 12.1 Å². The molecular weight excluding hydrogens is 331 g/mol. The molecule has 3 heterocycles. The number of rotatable bonds is 3. The number of halogens is 1. The van der Waals surface area contributed by atoms with E-state index < -0.39 is 0 Å². The molecule has 1 aromatic heterocycles. The minimum absolute atomic E-state index is 0.240. The number of aliphatic imine (C=N–C) groups is 1. The molecule has 1 N–H and O–H groups in total. The zero-order chi connectivity index (χ0) is 18.1. The molecule has 1 fully saturated rings. The Morgan fingerprint density at radius 2 is 2.15 bits per heavy atom. The minimum atomic E-state index is -0.240. The van der Waals surface area contributed by atoms with Gasteiger partial charge in [-0.15, -0.1) is 0 Å². The number of furan rings is 1. The summed E-state index contributed by atoms with van der Waals surface area (Å²) in [6.45, 7) is 6.62. The number of guanidine groups is 1. The van der Waals surface area contributed by atoms with Crippen molar-refractivity contribution >= 4 is 16.9 Å². The Balaban J connectivity index is 1.41. The first-order chi connectivity index (χ1) is 12.7.